The summed E-state index contributed by atoms with van der Waals surface area (Å²) < 4.78 is 0. The van der Waals surface area contributed by atoms with Gasteiger partial charge in [0.05, 0.1) is 0 Å². The molecule has 0 atom stereocenters. The Morgan fingerprint density at radius 1 is 1.33 bits per heavy atom. The van der Waals surface area contributed by atoms with E-state index in [2.05, 4.69) is 24.1 Å². The van der Waals surface area contributed by atoms with Gasteiger partial charge in [-0.2, -0.15) is 0 Å². The van der Waals surface area contributed by atoms with Gasteiger partial charge in [-0.05, 0) is 12.6 Å². The monoisotopic (exact) mass is 127 g/mol. The average Bonchev–Trinajstić information content (AvgIpc) is 1.80. The summed E-state index contributed by atoms with van der Waals surface area (Å²) in [5.74, 6) is 0. The maximum atomic E-state index is 2.21. The molecule has 0 saturated heterocycles. The molecule has 0 aromatic heterocycles. The van der Waals surface area contributed by atoms with Crippen LogP contribution in [0.15, 0.2) is 12.3 Å². The zero-order chi connectivity index (χ0) is 7.11. The highest BCUT2D eigenvalue weighted by atomic mass is 15.0. The van der Waals surface area contributed by atoms with Gasteiger partial charge in [0, 0.05) is 14.1 Å². The van der Waals surface area contributed by atoms with Crippen molar-refractivity contribution in [2.75, 3.05) is 14.1 Å². The Bertz CT molecular complexity index is 74.6. The first-order valence-electron chi connectivity index (χ1n) is 3.60. The molecule has 54 valence electrons. The highest BCUT2D eigenvalue weighted by Gasteiger charge is 1.77. The second kappa shape index (κ2) is 5.67. The molecule has 0 fully saturated rings. The molecule has 0 unspecified atom stereocenters. The van der Waals surface area contributed by atoms with Crippen LogP contribution in [0, 0.1) is 0 Å². The molecule has 0 heterocycles. The fourth-order valence-electron chi connectivity index (χ4n) is 0.607. The number of hydrogen-bond acceptors (Lipinski definition) is 1. The summed E-state index contributed by atoms with van der Waals surface area (Å²) in [4.78, 5) is 2.07. The molecule has 0 aliphatic heterocycles. The average molecular weight is 127 g/mol. The molecule has 1 nitrogen and oxygen atoms in total. The van der Waals surface area contributed by atoms with Crippen LogP contribution in [0.4, 0.5) is 0 Å². The summed E-state index contributed by atoms with van der Waals surface area (Å²) in [6.07, 6.45) is 8.13. The minimum Gasteiger partial charge on any atom is -0.384 e. The van der Waals surface area contributed by atoms with Crippen LogP contribution in [0.2, 0.25) is 0 Å². The van der Waals surface area contributed by atoms with Gasteiger partial charge in [-0.1, -0.05) is 25.8 Å². The molecule has 0 bridgehead atoms. The Morgan fingerprint density at radius 2 is 2.00 bits per heavy atom. The van der Waals surface area contributed by atoms with Crippen molar-refractivity contribution < 1.29 is 0 Å². The summed E-state index contributed by atoms with van der Waals surface area (Å²) in [7, 11) is 4.09. The molecular formula is C8H17N. The third-order valence-corrected chi connectivity index (χ3v) is 1.13. The molecule has 0 N–H and O–H groups in total. The Morgan fingerprint density at radius 3 is 2.44 bits per heavy atom. The molecule has 0 amide bonds. The van der Waals surface area contributed by atoms with Gasteiger partial charge in [-0.3, -0.25) is 0 Å². The van der Waals surface area contributed by atoms with Crippen molar-refractivity contribution in [3.63, 3.8) is 0 Å². The van der Waals surface area contributed by atoms with E-state index in [0.29, 0.717) is 0 Å². The van der Waals surface area contributed by atoms with Crippen LogP contribution in [0.1, 0.15) is 26.2 Å². The SMILES string of the molecule is CCCCC=CN(C)C. The van der Waals surface area contributed by atoms with Gasteiger partial charge >= 0.3 is 0 Å². The summed E-state index contributed by atoms with van der Waals surface area (Å²) >= 11 is 0. The first-order chi connectivity index (χ1) is 4.27. The predicted molar refractivity (Wildman–Crippen MR) is 42.4 cm³/mol. The van der Waals surface area contributed by atoms with Crippen LogP contribution in [-0.4, -0.2) is 19.0 Å². The van der Waals surface area contributed by atoms with E-state index in [1.54, 1.807) is 0 Å². The smallest absolute Gasteiger partial charge is 0.00555 e. The molecule has 0 aliphatic rings. The summed E-state index contributed by atoms with van der Waals surface area (Å²) in [6, 6.07) is 0. The Balaban J connectivity index is 3.04. The maximum absolute atomic E-state index is 2.21. The van der Waals surface area contributed by atoms with E-state index < -0.39 is 0 Å². The Kier molecular flexibility index (Phi) is 5.38. The normalized spacial score (nSPS) is 10.6. The van der Waals surface area contributed by atoms with Crippen LogP contribution >= 0.6 is 0 Å². The molecule has 9 heavy (non-hydrogen) atoms. The second-order valence-corrected chi connectivity index (χ2v) is 2.49. The van der Waals surface area contributed by atoms with E-state index in [0.717, 1.165) is 0 Å². The van der Waals surface area contributed by atoms with Crippen molar-refractivity contribution >= 4 is 0 Å². The van der Waals surface area contributed by atoms with Gasteiger partial charge in [0.2, 0.25) is 0 Å². The minimum atomic E-state index is 1.22. The van der Waals surface area contributed by atoms with Gasteiger partial charge in [0.25, 0.3) is 0 Å². The maximum Gasteiger partial charge on any atom is 0.00555 e. The second-order valence-electron chi connectivity index (χ2n) is 2.49. The third-order valence-electron chi connectivity index (χ3n) is 1.13. The molecule has 1 heteroatoms. The largest absolute Gasteiger partial charge is 0.384 e. The lowest BCUT2D eigenvalue weighted by Gasteiger charge is -2.01. The lowest BCUT2D eigenvalue weighted by molar-refractivity contribution is 0.560. The number of rotatable bonds is 4. The Labute approximate surface area is 58.4 Å². The molecule has 0 aromatic rings. The lowest BCUT2D eigenvalue weighted by Crippen LogP contribution is -1.99. The first kappa shape index (κ1) is 8.54. The van der Waals surface area contributed by atoms with Crippen molar-refractivity contribution in [3.05, 3.63) is 12.3 Å². The lowest BCUT2D eigenvalue weighted by atomic mass is 10.2. The minimum absolute atomic E-state index is 1.22. The van der Waals surface area contributed by atoms with Crippen molar-refractivity contribution in [1.82, 2.24) is 4.90 Å². The molecule has 0 saturated carbocycles. The van der Waals surface area contributed by atoms with Crippen molar-refractivity contribution in [1.29, 1.82) is 0 Å². The first-order valence-corrected chi connectivity index (χ1v) is 3.60. The molecular weight excluding hydrogens is 110 g/mol. The summed E-state index contributed by atoms with van der Waals surface area (Å²) in [5, 5.41) is 0. The van der Waals surface area contributed by atoms with Gasteiger partial charge < -0.3 is 4.90 Å². The van der Waals surface area contributed by atoms with E-state index in [1.165, 1.54) is 19.3 Å². The third kappa shape index (κ3) is 7.54. The van der Waals surface area contributed by atoms with Gasteiger partial charge in [-0.25, -0.2) is 0 Å². The van der Waals surface area contributed by atoms with Gasteiger partial charge in [-0.15, -0.1) is 0 Å². The van der Waals surface area contributed by atoms with Crippen LogP contribution in [0.3, 0.4) is 0 Å². The summed E-state index contributed by atoms with van der Waals surface area (Å²) in [5.41, 5.74) is 0. The van der Waals surface area contributed by atoms with Crippen molar-refractivity contribution in [2.24, 2.45) is 0 Å². The fraction of sp³-hybridized carbons (Fsp3) is 0.750. The molecule has 0 rings (SSSR count). The van der Waals surface area contributed by atoms with E-state index in [1.807, 2.05) is 14.1 Å². The zero-order valence-corrected chi connectivity index (χ0v) is 6.72. The van der Waals surface area contributed by atoms with E-state index in [9.17, 15) is 0 Å². The van der Waals surface area contributed by atoms with Crippen LogP contribution in [0.25, 0.3) is 0 Å². The van der Waals surface area contributed by atoms with E-state index in [-0.39, 0.29) is 0 Å². The van der Waals surface area contributed by atoms with Crippen LogP contribution in [-0.2, 0) is 0 Å². The van der Waals surface area contributed by atoms with Crippen molar-refractivity contribution in [2.45, 2.75) is 26.2 Å². The predicted octanol–water partition coefficient (Wildman–Crippen LogP) is 2.25. The van der Waals surface area contributed by atoms with Crippen LogP contribution < -0.4 is 0 Å². The molecule has 0 spiro atoms. The number of allylic oxidation sites excluding steroid dienone is 1. The molecule has 0 aliphatic carbocycles. The van der Waals surface area contributed by atoms with Gasteiger partial charge in [0.15, 0.2) is 0 Å². The Hall–Kier alpha value is -0.460. The number of unbranched alkanes of at least 4 members (excludes halogenated alkanes) is 2. The van der Waals surface area contributed by atoms with E-state index in [4.69, 9.17) is 0 Å². The van der Waals surface area contributed by atoms with Crippen molar-refractivity contribution in [3.8, 4) is 0 Å². The fourth-order valence-corrected chi connectivity index (χ4v) is 0.607. The molecule has 0 radical (unpaired) electrons. The molecule has 0 aromatic carbocycles. The highest BCUT2D eigenvalue weighted by molar-refractivity contribution is 4.78. The van der Waals surface area contributed by atoms with Crippen LogP contribution in [0.5, 0.6) is 0 Å². The topological polar surface area (TPSA) is 3.24 Å². The van der Waals surface area contributed by atoms with E-state index >= 15 is 0 Å². The number of nitrogens with zero attached hydrogens (tertiary/aromatic N) is 1. The standard InChI is InChI=1S/C8H17N/c1-4-5-6-7-8-9(2)3/h7-8H,4-6H2,1-3H3. The highest BCUT2D eigenvalue weighted by Crippen LogP contribution is 1.94. The summed E-state index contributed by atoms with van der Waals surface area (Å²) in [6.45, 7) is 2.21. The number of hydrogen-bond donors (Lipinski definition) is 0. The van der Waals surface area contributed by atoms with Gasteiger partial charge in [0.1, 0.15) is 0 Å². The quantitative estimate of drug-likeness (QED) is 0.523. The zero-order valence-electron chi connectivity index (χ0n) is 6.72.